The molecule has 1 fully saturated rings. The Hall–Kier alpha value is -1.10. The number of ether oxygens (including phenoxy) is 1. The first-order valence-electron chi connectivity index (χ1n) is 5.50. The van der Waals surface area contributed by atoms with E-state index < -0.39 is 17.5 Å². The number of nitrogens with one attached hydrogen (secondary N) is 1. The molecule has 0 saturated carbocycles. The van der Waals surface area contributed by atoms with Crippen molar-refractivity contribution in [2.75, 3.05) is 20.1 Å². The summed E-state index contributed by atoms with van der Waals surface area (Å²) in [5.41, 5.74) is -0.624. The third kappa shape index (κ3) is 4.18. The van der Waals surface area contributed by atoms with Crippen LogP contribution < -0.4 is 5.32 Å². The molecule has 0 aromatic rings. The van der Waals surface area contributed by atoms with Gasteiger partial charge in [0.05, 0.1) is 0 Å². The van der Waals surface area contributed by atoms with Crippen molar-refractivity contribution in [1.29, 1.82) is 0 Å². The second-order valence-corrected chi connectivity index (χ2v) is 5.22. The van der Waals surface area contributed by atoms with Gasteiger partial charge in [-0.15, -0.1) is 0 Å². The van der Waals surface area contributed by atoms with Crippen LogP contribution in [0.4, 0.5) is 0 Å². The van der Waals surface area contributed by atoms with Crippen LogP contribution in [0.25, 0.3) is 0 Å². The predicted molar refractivity (Wildman–Crippen MR) is 59.9 cm³/mol. The number of likely N-dealkylation sites (tertiary alicyclic amines) is 1. The number of likely N-dealkylation sites (N-methyl/N-ethyl adjacent to an activating group) is 1. The van der Waals surface area contributed by atoms with Crippen LogP contribution in [0.3, 0.4) is 0 Å². The minimum atomic E-state index is -0.804. The van der Waals surface area contributed by atoms with E-state index in [0.29, 0.717) is 0 Å². The van der Waals surface area contributed by atoms with Crippen LogP contribution in [0.1, 0.15) is 27.2 Å². The summed E-state index contributed by atoms with van der Waals surface area (Å²) in [6.45, 7) is 6.94. The van der Waals surface area contributed by atoms with E-state index in [2.05, 4.69) is 10.2 Å². The highest BCUT2D eigenvalue weighted by Crippen LogP contribution is 2.08. The molecule has 5 heteroatoms. The fourth-order valence-electron chi connectivity index (χ4n) is 1.62. The molecule has 1 aliphatic heterocycles. The monoisotopic (exact) mass is 228 g/mol. The maximum absolute atomic E-state index is 11.5. The number of hydrogen-bond acceptors (Lipinski definition) is 4. The van der Waals surface area contributed by atoms with Gasteiger partial charge in [-0.1, -0.05) is 0 Å². The summed E-state index contributed by atoms with van der Waals surface area (Å²) >= 11 is 0. The summed E-state index contributed by atoms with van der Waals surface area (Å²) in [7, 11) is 1.99. The lowest BCUT2D eigenvalue weighted by atomic mass is 10.2. The molecular formula is C11H20N2O3. The maximum Gasteiger partial charge on any atom is 0.397 e. The van der Waals surface area contributed by atoms with Crippen LogP contribution in [0.5, 0.6) is 0 Å². The first kappa shape index (κ1) is 13.0. The number of rotatable bonds is 1. The molecule has 92 valence electrons. The second-order valence-electron chi connectivity index (χ2n) is 5.22. The Morgan fingerprint density at radius 2 is 2.00 bits per heavy atom. The van der Waals surface area contributed by atoms with Gasteiger partial charge >= 0.3 is 11.9 Å². The van der Waals surface area contributed by atoms with Gasteiger partial charge in [0.1, 0.15) is 5.60 Å². The van der Waals surface area contributed by atoms with Crippen LogP contribution in [0.2, 0.25) is 0 Å². The molecule has 0 aromatic heterocycles. The van der Waals surface area contributed by atoms with E-state index in [1.807, 2.05) is 7.05 Å². The summed E-state index contributed by atoms with van der Waals surface area (Å²) in [6.07, 6.45) is 0.880. The van der Waals surface area contributed by atoms with E-state index >= 15 is 0 Å². The van der Waals surface area contributed by atoms with Crippen molar-refractivity contribution in [2.45, 2.75) is 38.8 Å². The van der Waals surface area contributed by atoms with E-state index in [1.165, 1.54) is 0 Å². The second kappa shape index (κ2) is 4.82. The first-order chi connectivity index (χ1) is 7.28. The number of hydrogen-bond donors (Lipinski definition) is 1. The zero-order valence-electron chi connectivity index (χ0n) is 10.4. The molecule has 1 aliphatic rings. The average Bonchev–Trinajstić information content (AvgIpc) is 2.48. The van der Waals surface area contributed by atoms with Crippen molar-refractivity contribution in [2.24, 2.45) is 0 Å². The summed E-state index contributed by atoms with van der Waals surface area (Å²) in [6, 6.07) is 0.0602. The highest BCUT2D eigenvalue weighted by molar-refractivity contribution is 6.32. The van der Waals surface area contributed by atoms with Crippen molar-refractivity contribution in [3.8, 4) is 0 Å². The van der Waals surface area contributed by atoms with Crippen molar-refractivity contribution >= 4 is 11.9 Å². The summed E-state index contributed by atoms with van der Waals surface area (Å²) in [5, 5.41) is 2.68. The molecule has 0 aromatic carbocycles. The third-order valence-corrected chi connectivity index (χ3v) is 2.31. The van der Waals surface area contributed by atoms with Gasteiger partial charge in [0, 0.05) is 12.6 Å². The number of nitrogens with zero attached hydrogens (tertiary/aromatic N) is 1. The molecule has 16 heavy (non-hydrogen) atoms. The zero-order chi connectivity index (χ0) is 12.3. The van der Waals surface area contributed by atoms with Crippen molar-refractivity contribution in [3.05, 3.63) is 0 Å². The van der Waals surface area contributed by atoms with Gasteiger partial charge in [-0.25, -0.2) is 4.79 Å². The number of esters is 1. The van der Waals surface area contributed by atoms with Gasteiger partial charge in [0.15, 0.2) is 0 Å². The average molecular weight is 228 g/mol. The third-order valence-electron chi connectivity index (χ3n) is 2.31. The SMILES string of the molecule is CN1CCC(NC(=O)C(=O)OC(C)(C)C)C1. The van der Waals surface area contributed by atoms with Gasteiger partial charge in [0.2, 0.25) is 0 Å². The highest BCUT2D eigenvalue weighted by atomic mass is 16.6. The minimum absolute atomic E-state index is 0.0602. The Morgan fingerprint density at radius 3 is 2.44 bits per heavy atom. The van der Waals surface area contributed by atoms with Gasteiger partial charge < -0.3 is 15.0 Å². The lowest BCUT2D eigenvalue weighted by Crippen LogP contribution is -2.43. The van der Waals surface area contributed by atoms with Crippen molar-refractivity contribution in [3.63, 3.8) is 0 Å². The fraction of sp³-hybridized carbons (Fsp3) is 0.818. The van der Waals surface area contributed by atoms with Gasteiger partial charge in [-0.05, 0) is 40.8 Å². The van der Waals surface area contributed by atoms with Crippen LogP contribution in [-0.2, 0) is 14.3 Å². The Labute approximate surface area is 96.1 Å². The Kier molecular flexibility index (Phi) is 3.91. The molecule has 1 atom stereocenters. The van der Waals surface area contributed by atoms with Gasteiger partial charge in [-0.2, -0.15) is 0 Å². The van der Waals surface area contributed by atoms with Crippen LogP contribution >= 0.6 is 0 Å². The van der Waals surface area contributed by atoms with E-state index in [-0.39, 0.29) is 6.04 Å². The van der Waals surface area contributed by atoms with E-state index in [4.69, 9.17) is 4.74 Å². The predicted octanol–water partition coefficient (Wildman–Crippen LogP) is 0.148. The fourth-order valence-corrected chi connectivity index (χ4v) is 1.62. The van der Waals surface area contributed by atoms with E-state index in [1.54, 1.807) is 20.8 Å². The number of carbonyl (C=O) groups excluding carboxylic acids is 2. The van der Waals surface area contributed by atoms with Crippen LogP contribution in [-0.4, -0.2) is 48.6 Å². The molecule has 0 aliphatic carbocycles. The van der Waals surface area contributed by atoms with Crippen molar-refractivity contribution < 1.29 is 14.3 Å². The largest absolute Gasteiger partial charge is 0.453 e. The molecular weight excluding hydrogens is 208 g/mol. The molecule has 1 saturated heterocycles. The molecule has 5 nitrogen and oxygen atoms in total. The van der Waals surface area contributed by atoms with Crippen LogP contribution in [0.15, 0.2) is 0 Å². The quantitative estimate of drug-likeness (QED) is 0.512. The molecule has 1 N–H and O–H groups in total. The topological polar surface area (TPSA) is 58.6 Å². The van der Waals surface area contributed by atoms with E-state index in [9.17, 15) is 9.59 Å². The lowest BCUT2D eigenvalue weighted by molar-refractivity contribution is -0.163. The van der Waals surface area contributed by atoms with Gasteiger partial charge in [0.25, 0.3) is 0 Å². The molecule has 0 radical (unpaired) electrons. The normalized spacial score (nSPS) is 21.9. The lowest BCUT2D eigenvalue weighted by Gasteiger charge is -2.20. The van der Waals surface area contributed by atoms with Crippen LogP contribution in [0, 0.1) is 0 Å². The zero-order valence-corrected chi connectivity index (χ0v) is 10.4. The smallest absolute Gasteiger partial charge is 0.397 e. The summed E-state index contributed by atoms with van der Waals surface area (Å²) < 4.78 is 4.97. The molecule has 1 heterocycles. The minimum Gasteiger partial charge on any atom is -0.453 e. The standard InChI is InChI=1S/C11H20N2O3/c1-11(2,3)16-10(15)9(14)12-8-5-6-13(4)7-8/h8H,5-7H2,1-4H3,(H,12,14). The first-order valence-corrected chi connectivity index (χ1v) is 5.50. The van der Waals surface area contributed by atoms with Crippen molar-refractivity contribution in [1.82, 2.24) is 10.2 Å². The van der Waals surface area contributed by atoms with E-state index in [0.717, 1.165) is 19.5 Å². The Morgan fingerprint density at radius 1 is 1.38 bits per heavy atom. The Balaban J connectivity index is 2.38. The molecule has 0 bridgehead atoms. The number of carbonyl (C=O) groups is 2. The maximum atomic E-state index is 11.5. The molecule has 1 rings (SSSR count). The number of amides is 1. The highest BCUT2D eigenvalue weighted by Gasteiger charge is 2.27. The molecule has 0 spiro atoms. The van der Waals surface area contributed by atoms with Gasteiger partial charge in [-0.3, -0.25) is 4.79 Å². The molecule has 1 amide bonds. The Bertz CT molecular complexity index is 283. The summed E-state index contributed by atoms with van der Waals surface area (Å²) in [5.74, 6) is -1.45. The molecule has 1 unspecified atom stereocenters. The summed E-state index contributed by atoms with van der Waals surface area (Å²) in [4.78, 5) is 25.0.